The molecule has 0 atom stereocenters. The molecule has 0 amide bonds. The number of nitrogens with one attached hydrogen (secondary N) is 1. The molecule has 0 unspecified atom stereocenters. The second-order valence-electron chi connectivity index (χ2n) is 4.35. The molecule has 1 fully saturated rings. The topological polar surface area (TPSA) is 83.5 Å². The summed E-state index contributed by atoms with van der Waals surface area (Å²) >= 11 is 0.931. The Balaban J connectivity index is 2.11. The largest absolute Gasteiger partial charge is 0.478 e. The number of hydrogen-bond acceptors (Lipinski definition) is 4. The highest BCUT2D eigenvalue weighted by Crippen LogP contribution is 2.29. The zero-order valence-electron chi connectivity index (χ0n) is 9.21. The molecular weight excluding hydrogens is 262 g/mol. The van der Waals surface area contributed by atoms with Gasteiger partial charge in [-0.1, -0.05) is 6.92 Å². The molecule has 2 rings (SSSR count). The van der Waals surface area contributed by atoms with Crippen LogP contribution in [0.25, 0.3) is 0 Å². The number of sulfonamides is 1. The molecule has 1 saturated carbocycles. The summed E-state index contributed by atoms with van der Waals surface area (Å²) in [5, 5.41) is 10.1. The van der Waals surface area contributed by atoms with Gasteiger partial charge >= 0.3 is 5.97 Å². The standard InChI is InChI=1S/C10H13NO4S2/c1-6-2-8(3-6)11-17(14,15)9-4-7(5-16-9)10(12)13/h4-6,8,11H,2-3H2,1H3,(H,12,13). The van der Waals surface area contributed by atoms with E-state index in [2.05, 4.69) is 11.6 Å². The first-order chi connectivity index (χ1) is 7.88. The first kappa shape index (κ1) is 12.5. The zero-order chi connectivity index (χ0) is 12.6. The van der Waals surface area contributed by atoms with Gasteiger partial charge in [-0.25, -0.2) is 17.9 Å². The van der Waals surface area contributed by atoms with Gasteiger partial charge in [-0.3, -0.25) is 0 Å². The Morgan fingerprint density at radius 3 is 2.65 bits per heavy atom. The minimum Gasteiger partial charge on any atom is -0.478 e. The number of carbonyl (C=O) groups is 1. The maximum Gasteiger partial charge on any atom is 0.336 e. The summed E-state index contributed by atoms with van der Waals surface area (Å²) in [5.41, 5.74) is 0.0114. The van der Waals surface area contributed by atoms with Crippen molar-refractivity contribution in [3.05, 3.63) is 17.0 Å². The van der Waals surface area contributed by atoms with Gasteiger partial charge < -0.3 is 5.11 Å². The predicted molar refractivity (Wildman–Crippen MR) is 63.8 cm³/mol. The molecule has 2 N–H and O–H groups in total. The van der Waals surface area contributed by atoms with Crippen molar-refractivity contribution in [1.82, 2.24) is 4.72 Å². The molecule has 1 aromatic heterocycles. The van der Waals surface area contributed by atoms with Crippen LogP contribution in [0.2, 0.25) is 0 Å². The van der Waals surface area contributed by atoms with Crippen LogP contribution in [0.5, 0.6) is 0 Å². The quantitative estimate of drug-likeness (QED) is 0.872. The minimum atomic E-state index is -3.55. The molecule has 94 valence electrons. The third-order valence-corrected chi connectivity index (χ3v) is 5.74. The van der Waals surface area contributed by atoms with Crippen LogP contribution in [0, 0.1) is 5.92 Å². The molecule has 0 bridgehead atoms. The van der Waals surface area contributed by atoms with E-state index in [1.165, 1.54) is 11.4 Å². The van der Waals surface area contributed by atoms with Gasteiger partial charge in [-0.05, 0) is 24.8 Å². The fourth-order valence-electron chi connectivity index (χ4n) is 1.85. The number of carboxylic acid groups (broad SMARTS) is 1. The van der Waals surface area contributed by atoms with Crippen LogP contribution in [0.15, 0.2) is 15.7 Å². The third kappa shape index (κ3) is 2.67. The second-order valence-corrected chi connectivity index (χ2v) is 7.21. The Morgan fingerprint density at radius 1 is 1.53 bits per heavy atom. The molecule has 1 aliphatic carbocycles. The van der Waals surface area contributed by atoms with Crippen molar-refractivity contribution in [1.29, 1.82) is 0 Å². The van der Waals surface area contributed by atoms with Crippen molar-refractivity contribution in [3.63, 3.8) is 0 Å². The van der Waals surface area contributed by atoms with Gasteiger partial charge in [0.2, 0.25) is 10.0 Å². The Morgan fingerprint density at radius 2 is 2.18 bits per heavy atom. The second kappa shape index (κ2) is 4.40. The van der Waals surface area contributed by atoms with Gasteiger partial charge in [0.1, 0.15) is 4.21 Å². The van der Waals surface area contributed by atoms with Crippen LogP contribution in [0.3, 0.4) is 0 Å². The average molecular weight is 275 g/mol. The van der Waals surface area contributed by atoms with Crippen LogP contribution in [0.4, 0.5) is 0 Å². The first-order valence-corrected chi connectivity index (χ1v) is 7.59. The van der Waals surface area contributed by atoms with Crippen molar-refractivity contribution in [2.75, 3.05) is 0 Å². The molecule has 0 aliphatic heterocycles. The molecule has 1 aliphatic rings. The lowest BCUT2D eigenvalue weighted by atomic mass is 9.83. The fraction of sp³-hybridized carbons (Fsp3) is 0.500. The van der Waals surface area contributed by atoms with E-state index in [-0.39, 0.29) is 15.8 Å². The molecule has 0 radical (unpaired) electrons. The lowest BCUT2D eigenvalue weighted by Crippen LogP contribution is -2.43. The summed E-state index contributed by atoms with van der Waals surface area (Å²) in [5.74, 6) is -0.555. The van der Waals surface area contributed by atoms with E-state index in [1.807, 2.05) is 0 Å². The number of thiophene rings is 1. The molecule has 0 saturated heterocycles. The Hall–Kier alpha value is -0.920. The molecule has 7 heteroatoms. The molecule has 0 aromatic carbocycles. The van der Waals surface area contributed by atoms with E-state index >= 15 is 0 Å². The van der Waals surface area contributed by atoms with Gasteiger partial charge in [-0.2, -0.15) is 0 Å². The smallest absolute Gasteiger partial charge is 0.336 e. The highest BCUT2D eigenvalue weighted by atomic mass is 32.2. The van der Waals surface area contributed by atoms with Gasteiger partial charge in [0, 0.05) is 11.4 Å². The molecule has 1 heterocycles. The van der Waals surface area contributed by atoms with Crippen molar-refractivity contribution in [2.45, 2.75) is 30.0 Å². The highest BCUT2D eigenvalue weighted by Gasteiger charge is 2.30. The van der Waals surface area contributed by atoms with Crippen LogP contribution in [0.1, 0.15) is 30.1 Å². The molecule has 0 spiro atoms. The monoisotopic (exact) mass is 275 g/mol. The average Bonchev–Trinajstić information content (AvgIpc) is 2.64. The summed E-state index contributed by atoms with van der Waals surface area (Å²) in [7, 11) is -3.55. The lowest BCUT2D eigenvalue weighted by molar-refractivity contribution is 0.0697. The Bertz CT molecular complexity index is 528. The van der Waals surface area contributed by atoms with Gasteiger partial charge in [-0.15, -0.1) is 11.3 Å². The maximum atomic E-state index is 11.9. The maximum absolute atomic E-state index is 11.9. The predicted octanol–water partition coefficient (Wildman–Crippen LogP) is 1.52. The van der Waals surface area contributed by atoms with E-state index in [0.29, 0.717) is 5.92 Å². The van der Waals surface area contributed by atoms with Gasteiger partial charge in [0.05, 0.1) is 5.56 Å². The van der Waals surface area contributed by atoms with E-state index in [4.69, 9.17) is 5.11 Å². The Kier molecular flexibility index (Phi) is 3.24. The van der Waals surface area contributed by atoms with E-state index in [9.17, 15) is 13.2 Å². The number of aromatic carboxylic acids is 1. The molecule has 1 aromatic rings. The fourth-order valence-corrected chi connectivity index (χ4v) is 4.28. The number of carboxylic acids is 1. The normalized spacial score (nSPS) is 24.3. The molecular formula is C10H13NO4S2. The van der Waals surface area contributed by atoms with Crippen molar-refractivity contribution < 1.29 is 18.3 Å². The zero-order valence-corrected chi connectivity index (χ0v) is 10.8. The minimum absolute atomic E-state index is 0.00891. The number of rotatable bonds is 4. The van der Waals surface area contributed by atoms with E-state index in [0.717, 1.165) is 24.2 Å². The van der Waals surface area contributed by atoms with Gasteiger partial charge in [0.15, 0.2) is 0 Å². The Labute approximate surface area is 104 Å². The summed E-state index contributed by atoms with van der Waals surface area (Å²) in [6.07, 6.45) is 1.69. The summed E-state index contributed by atoms with van der Waals surface area (Å²) < 4.78 is 26.4. The molecule has 5 nitrogen and oxygen atoms in total. The van der Waals surface area contributed by atoms with Crippen LogP contribution in [-0.4, -0.2) is 25.5 Å². The SMILES string of the molecule is CC1CC(NS(=O)(=O)c2cc(C(=O)O)cs2)C1. The van der Waals surface area contributed by atoms with Crippen LogP contribution in [-0.2, 0) is 10.0 Å². The first-order valence-electron chi connectivity index (χ1n) is 5.22. The van der Waals surface area contributed by atoms with Gasteiger partial charge in [0.25, 0.3) is 0 Å². The lowest BCUT2D eigenvalue weighted by Gasteiger charge is -2.32. The molecule has 17 heavy (non-hydrogen) atoms. The van der Waals surface area contributed by atoms with E-state index in [1.54, 1.807) is 0 Å². The van der Waals surface area contributed by atoms with Crippen molar-refractivity contribution in [2.24, 2.45) is 5.92 Å². The van der Waals surface area contributed by atoms with Crippen molar-refractivity contribution >= 4 is 27.3 Å². The summed E-state index contributed by atoms with van der Waals surface area (Å²) in [6, 6.07) is 1.18. The third-order valence-electron chi connectivity index (χ3n) is 2.78. The van der Waals surface area contributed by atoms with Crippen LogP contribution >= 0.6 is 11.3 Å². The number of hydrogen-bond donors (Lipinski definition) is 2. The summed E-state index contributed by atoms with van der Waals surface area (Å²) in [6.45, 7) is 2.07. The summed E-state index contributed by atoms with van der Waals surface area (Å²) in [4.78, 5) is 10.7. The van der Waals surface area contributed by atoms with Crippen molar-refractivity contribution in [3.8, 4) is 0 Å². The highest BCUT2D eigenvalue weighted by molar-refractivity contribution is 7.91. The van der Waals surface area contributed by atoms with E-state index < -0.39 is 16.0 Å². The van der Waals surface area contributed by atoms with Crippen LogP contribution < -0.4 is 4.72 Å².